The third kappa shape index (κ3) is 4.77. The number of aromatic nitrogens is 2. The predicted octanol–water partition coefficient (Wildman–Crippen LogP) is 2.38. The number of nitrogens with one attached hydrogen (secondary N) is 2. The molecule has 0 unspecified atom stereocenters. The Morgan fingerprint density at radius 1 is 1.19 bits per heavy atom. The number of hydrogen-bond acceptors (Lipinski definition) is 7. The average Bonchev–Trinajstić information content (AvgIpc) is 3.20. The van der Waals surface area contributed by atoms with Crippen LogP contribution in [-0.4, -0.2) is 54.0 Å². The van der Waals surface area contributed by atoms with Crippen LogP contribution in [0.4, 0.5) is 27.5 Å². The third-order valence-electron chi connectivity index (χ3n) is 5.52. The van der Waals surface area contributed by atoms with Gasteiger partial charge >= 0.3 is 0 Å². The second-order valence-electron chi connectivity index (χ2n) is 7.79. The van der Waals surface area contributed by atoms with Gasteiger partial charge in [0.25, 0.3) is 0 Å². The molecule has 1 amide bonds. The smallest absolute Gasteiger partial charge is 0.229 e. The molecule has 1 aliphatic carbocycles. The zero-order valence-electron chi connectivity index (χ0n) is 17.7. The zero-order chi connectivity index (χ0) is 22.0. The number of hydrogen-bond donors (Lipinski definition) is 3. The van der Waals surface area contributed by atoms with Gasteiger partial charge < -0.3 is 26.2 Å². The number of primary amides is 1. The van der Waals surface area contributed by atoms with E-state index in [2.05, 4.69) is 50.4 Å². The van der Waals surface area contributed by atoms with Crippen molar-refractivity contribution in [1.82, 2.24) is 14.9 Å². The lowest BCUT2D eigenvalue weighted by Gasteiger charge is -2.35. The normalized spacial score (nSPS) is 17.8. The summed E-state index contributed by atoms with van der Waals surface area (Å²) in [5, 5.41) is 5.98. The van der Waals surface area contributed by atoms with Crippen molar-refractivity contribution in [3.05, 3.63) is 59.9 Å². The number of amides is 1. The second kappa shape index (κ2) is 8.89. The Hall–Kier alpha value is -3.20. The van der Waals surface area contributed by atoms with Crippen LogP contribution >= 0.6 is 0 Å². The Kier molecular flexibility index (Phi) is 6.03. The molecule has 8 nitrogen and oxygen atoms in total. The van der Waals surface area contributed by atoms with Crippen molar-refractivity contribution in [3.8, 4) is 0 Å². The lowest BCUT2D eigenvalue weighted by molar-refractivity contribution is -0.116. The fraction of sp³-hybridized carbons (Fsp3) is 0.318. The van der Waals surface area contributed by atoms with Crippen LogP contribution in [0.3, 0.4) is 0 Å². The van der Waals surface area contributed by atoms with Crippen LogP contribution in [0.2, 0.25) is 0 Å². The van der Waals surface area contributed by atoms with Gasteiger partial charge in [0.2, 0.25) is 11.9 Å². The summed E-state index contributed by atoms with van der Waals surface area (Å²) in [7, 11) is 2.14. The van der Waals surface area contributed by atoms with Gasteiger partial charge in [-0.3, -0.25) is 4.79 Å². The lowest BCUT2D eigenvalue weighted by Crippen LogP contribution is -2.44. The fourth-order valence-corrected chi connectivity index (χ4v) is 3.76. The largest absolute Gasteiger partial charge is 0.369 e. The first kappa shape index (κ1) is 21.0. The van der Waals surface area contributed by atoms with E-state index in [9.17, 15) is 9.18 Å². The summed E-state index contributed by atoms with van der Waals surface area (Å²) in [6, 6.07) is 6.52. The van der Waals surface area contributed by atoms with Crippen molar-refractivity contribution in [3.63, 3.8) is 0 Å². The van der Waals surface area contributed by atoms with Crippen LogP contribution in [0.25, 0.3) is 0 Å². The number of nitrogens with zero attached hydrogens (tertiary/aromatic N) is 4. The van der Waals surface area contributed by atoms with Gasteiger partial charge in [-0.05, 0) is 44.2 Å². The first-order chi connectivity index (χ1) is 14.9. The van der Waals surface area contributed by atoms with Crippen LogP contribution in [0, 0.1) is 24.7 Å². The summed E-state index contributed by atoms with van der Waals surface area (Å²) in [6.45, 7) is 6.15. The van der Waals surface area contributed by atoms with Crippen LogP contribution in [0.1, 0.15) is 12.0 Å². The summed E-state index contributed by atoms with van der Waals surface area (Å²) in [5.74, 6) is -0.551. The Morgan fingerprint density at radius 2 is 1.97 bits per heavy atom. The Morgan fingerprint density at radius 3 is 2.68 bits per heavy atom. The summed E-state index contributed by atoms with van der Waals surface area (Å²) in [6.07, 6.45) is 4.97. The van der Waals surface area contributed by atoms with Crippen molar-refractivity contribution >= 4 is 29.0 Å². The molecule has 0 bridgehead atoms. The van der Waals surface area contributed by atoms with E-state index in [4.69, 9.17) is 5.73 Å². The van der Waals surface area contributed by atoms with E-state index in [1.165, 1.54) is 5.69 Å². The van der Waals surface area contributed by atoms with Crippen LogP contribution in [0.5, 0.6) is 0 Å². The SMILES string of the molecule is Cc1cc(Nc2ncc(F)c(N[C]3C=CC[C]3C(N)=O)n2)ccc1N1CCN(C)CC1. The van der Waals surface area contributed by atoms with E-state index in [1.54, 1.807) is 12.2 Å². The molecule has 1 aliphatic heterocycles. The maximum Gasteiger partial charge on any atom is 0.229 e. The van der Waals surface area contributed by atoms with Crippen LogP contribution < -0.4 is 21.3 Å². The monoisotopic (exact) mass is 423 g/mol. The number of allylic oxidation sites excluding steroid dienone is 1. The number of piperazine rings is 1. The van der Waals surface area contributed by atoms with Crippen molar-refractivity contribution in [1.29, 1.82) is 0 Å². The molecule has 2 radical (unpaired) electrons. The number of benzene rings is 1. The van der Waals surface area contributed by atoms with E-state index < -0.39 is 11.7 Å². The van der Waals surface area contributed by atoms with Crippen LogP contribution in [-0.2, 0) is 4.79 Å². The molecule has 2 heterocycles. The highest BCUT2D eigenvalue weighted by molar-refractivity contribution is 5.94. The second-order valence-corrected chi connectivity index (χ2v) is 7.79. The number of likely N-dealkylation sites (N-methyl/N-ethyl adjacent to an activating group) is 1. The minimum atomic E-state index is -0.622. The fourth-order valence-electron chi connectivity index (χ4n) is 3.76. The molecule has 1 aromatic heterocycles. The summed E-state index contributed by atoms with van der Waals surface area (Å²) in [4.78, 5) is 24.5. The minimum Gasteiger partial charge on any atom is -0.369 e. The number of carbonyl (C=O) groups is 1. The molecular weight excluding hydrogens is 397 g/mol. The number of rotatable bonds is 6. The van der Waals surface area contributed by atoms with Gasteiger partial charge in [0, 0.05) is 37.6 Å². The van der Waals surface area contributed by atoms with Crippen LogP contribution in [0.15, 0.2) is 36.5 Å². The van der Waals surface area contributed by atoms with E-state index in [0.29, 0.717) is 18.4 Å². The van der Waals surface area contributed by atoms with E-state index in [1.807, 2.05) is 12.1 Å². The van der Waals surface area contributed by atoms with Gasteiger partial charge in [0.05, 0.1) is 12.1 Å². The highest BCUT2D eigenvalue weighted by Gasteiger charge is 2.30. The Bertz CT molecular complexity index is 988. The summed E-state index contributed by atoms with van der Waals surface area (Å²) < 4.78 is 14.3. The quantitative estimate of drug-likeness (QED) is 0.656. The van der Waals surface area contributed by atoms with Gasteiger partial charge in [-0.1, -0.05) is 12.2 Å². The highest BCUT2D eigenvalue weighted by atomic mass is 19.1. The van der Waals surface area contributed by atoms with Gasteiger partial charge in [0.1, 0.15) is 6.04 Å². The molecule has 0 saturated carbocycles. The standard InChI is InChI=1S/C22H26FN7O/c1-14-12-15(6-7-19(14)30-10-8-29(2)9-11-30)26-22-25-13-17(23)21(28-22)27-18-5-3-4-16(18)20(24)31/h3,5-7,12-13H,4,8-11H2,1-2H3,(H2,24,31)(H2,25,26,27,28). The van der Waals surface area contributed by atoms with E-state index in [0.717, 1.165) is 43.6 Å². The number of aryl methyl sites for hydroxylation is 1. The zero-order valence-corrected chi connectivity index (χ0v) is 17.7. The van der Waals surface area contributed by atoms with E-state index >= 15 is 0 Å². The van der Waals surface area contributed by atoms with Gasteiger partial charge in [-0.25, -0.2) is 9.37 Å². The first-order valence-electron chi connectivity index (χ1n) is 10.2. The number of anilines is 4. The molecule has 0 spiro atoms. The maximum absolute atomic E-state index is 14.3. The molecule has 1 saturated heterocycles. The molecular formula is C22H26FN7O. The topological polar surface area (TPSA) is 99.4 Å². The minimum absolute atomic E-state index is 0.0245. The molecule has 31 heavy (non-hydrogen) atoms. The molecule has 162 valence electrons. The molecule has 2 aliphatic rings. The maximum atomic E-state index is 14.3. The van der Waals surface area contributed by atoms with Crippen molar-refractivity contribution in [2.75, 3.05) is 48.8 Å². The number of halogens is 1. The third-order valence-corrected chi connectivity index (χ3v) is 5.52. The number of carbonyl (C=O) groups excluding carboxylic acids is 1. The molecule has 2 aromatic rings. The van der Waals surface area contributed by atoms with Crippen molar-refractivity contribution < 1.29 is 9.18 Å². The first-order valence-corrected chi connectivity index (χ1v) is 10.2. The molecule has 4 rings (SSSR count). The molecule has 1 fully saturated rings. The highest BCUT2D eigenvalue weighted by Crippen LogP contribution is 2.31. The lowest BCUT2D eigenvalue weighted by atomic mass is 10.0. The van der Waals surface area contributed by atoms with Gasteiger partial charge in [0.15, 0.2) is 11.6 Å². The Balaban J connectivity index is 1.47. The molecule has 1 aromatic carbocycles. The molecule has 9 heteroatoms. The van der Waals surface area contributed by atoms with Crippen molar-refractivity contribution in [2.45, 2.75) is 13.3 Å². The van der Waals surface area contributed by atoms with Gasteiger partial charge in [-0.15, -0.1) is 0 Å². The Labute approximate surface area is 181 Å². The predicted molar refractivity (Wildman–Crippen MR) is 119 cm³/mol. The average molecular weight is 423 g/mol. The van der Waals surface area contributed by atoms with Crippen molar-refractivity contribution in [2.24, 2.45) is 5.73 Å². The molecule has 0 atom stereocenters. The van der Waals surface area contributed by atoms with E-state index in [-0.39, 0.29) is 11.8 Å². The summed E-state index contributed by atoms with van der Waals surface area (Å²) in [5.41, 5.74) is 8.54. The summed E-state index contributed by atoms with van der Waals surface area (Å²) >= 11 is 0. The number of nitrogens with two attached hydrogens (primary N) is 1. The molecule has 4 N–H and O–H groups in total. The van der Waals surface area contributed by atoms with Gasteiger partial charge in [-0.2, -0.15) is 4.98 Å².